The number of ether oxygens (including phenoxy) is 2. The Morgan fingerprint density at radius 1 is 1.44 bits per heavy atom. The van der Waals surface area contributed by atoms with E-state index in [0.717, 1.165) is 0 Å². The molecule has 0 fully saturated rings. The van der Waals surface area contributed by atoms with E-state index in [1.54, 1.807) is 13.0 Å². The van der Waals surface area contributed by atoms with E-state index in [0.29, 0.717) is 46.6 Å². The molecule has 0 amide bonds. The van der Waals surface area contributed by atoms with Crippen LogP contribution in [0.4, 0.5) is 0 Å². The first kappa shape index (κ1) is 11.4. The smallest absolute Gasteiger partial charge is 0.172 e. The number of hydrogen-bond acceptors (Lipinski definition) is 4. The van der Waals surface area contributed by atoms with Gasteiger partial charge in [0.1, 0.15) is 13.2 Å². The number of fused-ring (bicyclic) bond motifs is 1. The Morgan fingerprint density at radius 3 is 2.62 bits per heavy atom. The zero-order valence-electron chi connectivity index (χ0n) is 8.70. The molecule has 0 aromatic heterocycles. The predicted molar refractivity (Wildman–Crippen MR) is 61.2 cm³/mol. The van der Waals surface area contributed by atoms with Crippen LogP contribution in [0, 0.1) is 0 Å². The Bertz CT molecular complexity index is 428. The number of carbonyl (C=O) groups excluding carboxylic acids is 1. The molecule has 1 atom stereocenters. The molecule has 1 unspecified atom stereocenters. The lowest BCUT2D eigenvalue weighted by Crippen LogP contribution is -2.18. The van der Waals surface area contributed by atoms with Crippen LogP contribution in [0.25, 0.3) is 0 Å². The van der Waals surface area contributed by atoms with E-state index in [9.17, 15) is 9.90 Å². The topological polar surface area (TPSA) is 55.8 Å². The zero-order chi connectivity index (χ0) is 11.7. The number of benzene rings is 1. The summed E-state index contributed by atoms with van der Waals surface area (Å²) in [6.07, 6.45) is 0.0231. The predicted octanol–water partition coefficient (Wildman–Crippen LogP) is 2.09. The van der Waals surface area contributed by atoms with Crippen molar-refractivity contribution in [2.24, 2.45) is 0 Å². The molecule has 1 N–H and O–H groups in total. The maximum Gasteiger partial charge on any atom is 0.172 e. The number of halogens is 1. The molecule has 0 saturated carbocycles. The minimum absolute atomic E-state index is 0.411. The van der Waals surface area contributed by atoms with Crippen molar-refractivity contribution in [2.45, 2.75) is 13.0 Å². The molecule has 0 radical (unpaired) electrons. The summed E-state index contributed by atoms with van der Waals surface area (Å²) in [6.45, 7) is 2.47. The fourth-order valence-corrected chi connectivity index (χ4v) is 2.46. The van der Waals surface area contributed by atoms with Gasteiger partial charge in [0.2, 0.25) is 0 Å². The highest BCUT2D eigenvalue weighted by molar-refractivity contribution is 9.10. The van der Waals surface area contributed by atoms with Crippen molar-refractivity contribution >= 4 is 22.2 Å². The first-order valence-corrected chi connectivity index (χ1v) is 5.69. The van der Waals surface area contributed by atoms with Gasteiger partial charge in [0.05, 0.1) is 11.7 Å². The second-order valence-electron chi connectivity index (χ2n) is 3.51. The van der Waals surface area contributed by atoms with Gasteiger partial charge < -0.3 is 14.6 Å². The molecule has 5 heteroatoms. The van der Waals surface area contributed by atoms with Crippen LogP contribution in [0.3, 0.4) is 0 Å². The first-order chi connectivity index (χ1) is 7.65. The molecule has 2 rings (SSSR count). The molecule has 1 heterocycles. The molecule has 0 saturated heterocycles. The van der Waals surface area contributed by atoms with E-state index in [1.165, 1.54) is 0 Å². The van der Waals surface area contributed by atoms with Gasteiger partial charge in [-0.25, -0.2) is 0 Å². The van der Waals surface area contributed by atoms with Crippen molar-refractivity contribution in [1.82, 2.24) is 0 Å². The summed E-state index contributed by atoms with van der Waals surface area (Å²) in [5, 5.41) is 9.67. The molecule has 0 aliphatic carbocycles. The lowest BCUT2D eigenvalue weighted by atomic mass is 10.0. The van der Waals surface area contributed by atoms with Gasteiger partial charge in [-0.1, -0.05) is 15.9 Å². The summed E-state index contributed by atoms with van der Waals surface area (Å²) in [4.78, 5) is 10.9. The molecule has 1 aromatic rings. The molecule has 1 aliphatic rings. The van der Waals surface area contributed by atoms with Crippen LogP contribution in [-0.4, -0.2) is 24.6 Å². The van der Waals surface area contributed by atoms with Crippen molar-refractivity contribution in [1.29, 1.82) is 0 Å². The van der Waals surface area contributed by atoms with Crippen LogP contribution in [0.2, 0.25) is 0 Å². The van der Waals surface area contributed by atoms with Crippen molar-refractivity contribution in [3.8, 4) is 11.5 Å². The lowest BCUT2D eigenvalue weighted by Gasteiger charge is -2.24. The third-order valence-electron chi connectivity index (χ3n) is 2.37. The summed E-state index contributed by atoms with van der Waals surface area (Å²) >= 11 is 3.31. The molecular formula is C11H11BrO4. The third kappa shape index (κ3) is 1.81. The minimum Gasteiger partial charge on any atom is -0.486 e. The van der Waals surface area contributed by atoms with E-state index >= 15 is 0 Å². The highest BCUT2D eigenvalue weighted by atomic mass is 79.9. The third-order valence-corrected chi connectivity index (χ3v) is 3.03. The lowest BCUT2D eigenvalue weighted by molar-refractivity contribution is 0.110. The van der Waals surface area contributed by atoms with Crippen LogP contribution < -0.4 is 9.47 Å². The number of rotatable bonds is 2. The van der Waals surface area contributed by atoms with Gasteiger partial charge in [-0.2, -0.15) is 0 Å². The van der Waals surface area contributed by atoms with Crippen LogP contribution in [0.5, 0.6) is 11.5 Å². The molecule has 1 aliphatic heterocycles. The Morgan fingerprint density at radius 2 is 2.06 bits per heavy atom. The normalized spacial score (nSPS) is 15.7. The number of aliphatic hydroxyl groups is 1. The number of aliphatic hydroxyl groups excluding tert-OH is 1. The number of hydrogen-bond donors (Lipinski definition) is 1. The van der Waals surface area contributed by atoms with E-state index in [4.69, 9.17) is 9.47 Å². The molecular weight excluding hydrogens is 276 g/mol. The van der Waals surface area contributed by atoms with E-state index in [-0.39, 0.29) is 0 Å². The van der Waals surface area contributed by atoms with Crippen molar-refractivity contribution in [3.05, 3.63) is 21.7 Å². The van der Waals surface area contributed by atoms with Crippen LogP contribution >= 0.6 is 15.9 Å². The highest BCUT2D eigenvalue weighted by Gasteiger charge is 2.24. The SMILES string of the molecule is CC(O)c1c(Br)cc(C=O)c2c1OCCO2. The summed E-state index contributed by atoms with van der Waals surface area (Å²) in [5.74, 6) is 0.873. The van der Waals surface area contributed by atoms with Crippen molar-refractivity contribution in [3.63, 3.8) is 0 Å². The highest BCUT2D eigenvalue weighted by Crippen LogP contribution is 2.43. The second-order valence-corrected chi connectivity index (χ2v) is 4.36. The van der Waals surface area contributed by atoms with Crippen LogP contribution in [0.1, 0.15) is 28.9 Å². The Kier molecular flexibility index (Phi) is 3.16. The quantitative estimate of drug-likeness (QED) is 0.846. The van der Waals surface area contributed by atoms with Crippen LogP contribution in [0.15, 0.2) is 10.5 Å². The van der Waals surface area contributed by atoms with Gasteiger partial charge in [-0.15, -0.1) is 0 Å². The van der Waals surface area contributed by atoms with Crippen molar-refractivity contribution in [2.75, 3.05) is 13.2 Å². The van der Waals surface area contributed by atoms with Gasteiger partial charge in [-0.05, 0) is 13.0 Å². The summed E-state index contributed by atoms with van der Waals surface area (Å²) in [6, 6.07) is 1.63. The van der Waals surface area contributed by atoms with E-state index < -0.39 is 6.10 Å². The average molecular weight is 287 g/mol. The molecule has 16 heavy (non-hydrogen) atoms. The zero-order valence-corrected chi connectivity index (χ0v) is 10.3. The van der Waals surface area contributed by atoms with Crippen LogP contribution in [-0.2, 0) is 0 Å². The fraction of sp³-hybridized carbons (Fsp3) is 0.364. The number of aldehydes is 1. The molecule has 0 spiro atoms. The molecule has 1 aromatic carbocycles. The summed E-state index contributed by atoms with van der Waals surface area (Å²) in [7, 11) is 0. The van der Waals surface area contributed by atoms with E-state index in [1.807, 2.05) is 0 Å². The largest absolute Gasteiger partial charge is 0.486 e. The molecule has 86 valence electrons. The van der Waals surface area contributed by atoms with Crippen molar-refractivity contribution < 1.29 is 19.4 Å². The Hall–Kier alpha value is -1.07. The summed E-state index contributed by atoms with van der Waals surface area (Å²) < 4.78 is 11.5. The van der Waals surface area contributed by atoms with Gasteiger partial charge in [-0.3, -0.25) is 4.79 Å². The van der Waals surface area contributed by atoms with Gasteiger partial charge in [0, 0.05) is 10.0 Å². The van der Waals surface area contributed by atoms with Gasteiger partial charge in [0.25, 0.3) is 0 Å². The fourth-order valence-electron chi connectivity index (χ4n) is 1.70. The maximum atomic E-state index is 10.9. The standard InChI is InChI=1S/C11H11BrO4/c1-6(14)9-8(12)4-7(5-13)10-11(9)16-3-2-15-10/h4-6,14H,2-3H2,1H3. The van der Waals surface area contributed by atoms with Gasteiger partial charge in [0.15, 0.2) is 17.8 Å². The Balaban J connectivity index is 2.67. The molecule has 0 bridgehead atoms. The summed E-state index contributed by atoms with van der Waals surface area (Å²) in [5.41, 5.74) is 1.03. The second kappa shape index (κ2) is 4.43. The van der Waals surface area contributed by atoms with E-state index in [2.05, 4.69) is 15.9 Å². The van der Waals surface area contributed by atoms with Gasteiger partial charge >= 0.3 is 0 Å². The average Bonchev–Trinajstić information content (AvgIpc) is 2.27. The number of carbonyl (C=O) groups is 1. The molecule has 4 nitrogen and oxygen atoms in total. The maximum absolute atomic E-state index is 10.9. The Labute approximate surface area is 101 Å². The monoisotopic (exact) mass is 286 g/mol. The first-order valence-electron chi connectivity index (χ1n) is 4.90. The minimum atomic E-state index is -0.689.